The highest BCUT2D eigenvalue weighted by Gasteiger charge is 2.40. The lowest BCUT2D eigenvalue weighted by molar-refractivity contribution is 0.735. The van der Waals surface area contributed by atoms with Crippen LogP contribution in [0.15, 0.2) is 164 Å². The topological polar surface area (TPSA) is 18.5 Å². The van der Waals surface area contributed by atoms with Crippen LogP contribution in [-0.4, -0.2) is 6.17 Å². The Morgan fingerprint density at radius 3 is 1.74 bits per heavy atom. The molecule has 0 radical (unpaired) electrons. The minimum absolute atomic E-state index is 0.203. The first kappa shape index (κ1) is 25.2. The predicted molar refractivity (Wildman–Crippen MR) is 181 cm³/mol. The van der Waals surface area contributed by atoms with E-state index in [0.717, 1.165) is 17.8 Å². The Morgan fingerprint density at radius 1 is 0.512 bits per heavy atom. The second-order valence-corrected chi connectivity index (χ2v) is 11.1. The Labute approximate surface area is 253 Å². The molecule has 0 saturated carbocycles. The fraction of sp³-hybridized carbons (Fsp3) is 0.0500. The zero-order chi connectivity index (χ0) is 28.6. The van der Waals surface area contributed by atoms with Gasteiger partial charge in [-0.2, -0.15) is 0 Å². The second-order valence-electron chi connectivity index (χ2n) is 11.1. The number of para-hydroxylation sites is 4. The lowest BCUT2D eigenvalue weighted by Gasteiger charge is -2.27. The van der Waals surface area contributed by atoms with Gasteiger partial charge in [0, 0.05) is 35.2 Å². The first-order valence-corrected chi connectivity index (χ1v) is 14.9. The van der Waals surface area contributed by atoms with Crippen molar-refractivity contribution in [1.29, 1.82) is 0 Å². The van der Waals surface area contributed by atoms with E-state index < -0.39 is 0 Å². The third-order valence-electron chi connectivity index (χ3n) is 8.47. The summed E-state index contributed by atoms with van der Waals surface area (Å²) < 4.78 is 0. The van der Waals surface area contributed by atoms with E-state index in [4.69, 9.17) is 0 Å². The number of hydrogen-bond donors (Lipinski definition) is 1. The molecule has 43 heavy (non-hydrogen) atoms. The van der Waals surface area contributed by atoms with Crippen LogP contribution in [0.5, 0.6) is 0 Å². The van der Waals surface area contributed by atoms with Crippen LogP contribution >= 0.6 is 0 Å². The third-order valence-corrected chi connectivity index (χ3v) is 8.47. The smallest absolute Gasteiger partial charge is 0.115 e. The molecule has 3 heteroatoms. The van der Waals surface area contributed by atoms with E-state index >= 15 is 0 Å². The van der Waals surface area contributed by atoms with Crippen molar-refractivity contribution in [2.24, 2.45) is 0 Å². The van der Waals surface area contributed by atoms with E-state index in [1.54, 1.807) is 0 Å². The maximum absolute atomic E-state index is 3.82. The molecule has 2 aliphatic rings. The quantitative estimate of drug-likeness (QED) is 0.221. The lowest BCUT2D eigenvalue weighted by atomic mass is 9.97. The summed E-state index contributed by atoms with van der Waals surface area (Å²) in [6.45, 7) is 0. The molecule has 8 rings (SSSR count). The molecule has 0 fully saturated rings. The van der Waals surface area contributed by atoms with E-state index in [9.17, 15) is 0 Å². The van der Waals surface area contributed by atoms with Gasteiger partial charge in [0.2, 0.25) is 0 Å². The van der Waals surface area contributed by atoms with Gasteiger partial charge in [0.05, 0.1) is 11.4 Å². The molecule has 0 aromatic heterocycles. The van der Waals surface area contributed by atoms with Crippen molar-refractivity contribution in [3.05, 3.63) is 169 Å². The van der Waals surface area contributed by atoms with Gasteiger partial charge in [-0.25, -0.2) is 0 Å². The standard InChI is InChI=1S/C40H31N3/c1-4-14-29(15-5-1)31-24-32(30-16-6-2-7-17-30)26-34(25-31)41-37-21-11-10-20-36(37)33-27-40-42(28-33)38-22-12-13-23-39(38)43(40)35-18-8-3-9-19-35/h1-26,28,40-41H,27H2/t40-/m1/s1. The van der Waals surface area contributed by atoms with Crippen molar-refractivity contribution in [2.75, 3.05) is 15.1 Å². The summed E-state index contributed by atoms with van der Waals surface area (Å²) in [6, 6.07) is 56.2. The van der Waals surface area contributed by atoms with Gasteiger partial charge in [0.1, 0.15) is 6.17 Å². The predicted octanol–water partition coefficient (Wildman–Crippen LogP) is 10.5. The van der Waals surface area contributed by atoms with Crippen LogP contribution in [0.3, 0.4) is 0 Å². The van der Waals surface area contributed by atoms with Gasteiger partial charge in [0.15, 0.2) is 0 Å². The zero-order valence-corrected chi connectivity index (χ0v) is 23.8. The fourth-order valence-electron chi connectivity index (χ4n) is 6.50. The molecule has 206 valence electrons. The first-order chi connectivity index (χ1) is 21.3. The van der Waals surface area contributed by atoms with Crippen molar-refractivity contribution in [1.82, 2.24) is 0 Å². The summed E-state index contributed by atoms with van der Waals surface area (Å²) in [6.07, 6.45) is 3.47. The molecule has 0 saturated heterocycles. The number of hydrogen-bond acceptors (Lipinski definition) is 3. The number of fused-ring (bicyclic) bond motifs is 3. The van der Waals surface area contributed by atoms with Crippen molar-refractivity contribution in [3.8, 4) is 22.3 Å². The summed E-state index contributed by atoms with van der Waals surface area (Å²) >= 11 is 0. The van der Waals surface area contributed by atoms with E-state index in [1.807, 2.05) is 0 Å². The van der Waals surface area contributed by atoms with Gasteiger partial charge in [0.25, 0.3) is 0 Å². The summed E-state index contributed by atoms with van der Waals surface area (Å²) in [7, 11) is 0. The molecule has 2 aliphatic heterocycles. The van der Waals surface area contributed by atoms with Crippen LogP contribution in [0, 0.1) is 0 Å². The monoisotopic (exact) mass is 553 g/mol. The average Bonchev–Trinajstić information content (AvgIpc) is 3.63. The normalized spacial score (nSPS) is 15.2. The maximum atomic E-state index is 3.82. The van der Waals surface area contributed by atoms with Gasteiger partial charge in [-0.15, -0.1) is 0 Å². The van der Waals surface area contributed by atoms with Crippen molar-refractivity contribution >= 4 is 34.0 Å². The molecule has 1 N–H and O–H groups in total. The molecule has 6 aromatic rings. The minimum Gasteiger partial charge on any atom is -0.355 e. The first-order valence-electron chi connectivity index (χ1n) is 14.9. The van der Waals surface area contributed by atoms with Crippen molar-refractivity contribution in [3.63, 3.8) is 0 Å². The Kier molecular flexibility index (Phi) is 6.27. The van der Waals surface area contributed by atoms with Crippen molar-refractivity contribution < 1.29 is 0 Å². The highest BCUT2D eigenvalue weighted by molar-refractivity contribution is 5.92. The molecular formula is C40H31N3. The minimum atomic E-state index is 0.203. The number of rotatable bonds is 6. The lowest BCUT2D eigenvalue weighted by Crippen LogP contribution is -2.34. The molecule has 0 bridgehead atoms. The molecule has 0 spiro atoms. The molecule has 3 nitrogen and oxygen atoms in total. The average molecular weight is 554 g/mol. The number of nitrogens with zero attached hydrogens (tertiary/aromatic N) is 2. The number of nitrogens with one attached hydrogen (secondary N) is 1. The maximum Gasteiger partial charge on any atom is 0.115 e. The summed E-state index contributed by atoms with van der Waals surface area (Å²) in [5.74, 6) is 0. The fourth-order valence-corrected chi connectivity index (χ4v) is 6.50. The van der Waals surface area contributed by atoms with E-state index in [-0.39, 0.29) is 6.17 Å². The zero-order valence-electron chi connectivity index (χ0n) is 23.8. The van der Waals surface area contributed by atoms with Crippen LogP contribution < -0.4 is 15.1 Å². The Bertz CT molecular complexity index is 1870. The molecular weight excluding hydrogens is 522 g/mol. The summed E-state index contributed by atoms with van der Waals surface area (Å²) in [5, 5.41) is 3.82. The van der Waals surface area contributed by atoms with Gasteiger partial charge in [-0.05, 0) is 76.4 Å². The molecule has 6 aromatic carbocycles. The van der Waals surface area contributed by atoms with Crippen LogP contribution in [0.25, 0.3) is 27.8 Å². The van der Waals surface area contributed by atoms with Crippen LogP contribution in [0.1, 0.15) is 12.0 Å². The van der Waals surface area contributed by atoms with E-state index in [1.165, 1.54) is 50.5 Å². The molecule has 0 aliphatic carbocycles. The summed E-state index contributed by atoms with van der Waals surface area (Å²) in [5.41, 5.74) is 13.3. The number of anilines is 5. The van der Waals surface area contributed by atoms with Crippen LogP contribution in [0.4, 0.5) is 28.4 Å². The van der Waals surface area contributed by atoms with Crippen LogP contribution in [0.2, 0.25) is 0 Å². The summed E-state index contributed by atoms with van der Waals surface area (Å²) in [4.78, 5) is 4.92. The highest BCUT2D eigenvalue weighted by atomic mass is 15.4. The Morgan fingerprint density at radius 2 is 1.07 bits per heavy atom. The second kappa shape index (κ2) is 10.7. The molecule has 0 unspecified atom stereocenters. The van der Waals surface area contributed by atoms with Crippen LogP contribution in [-0.2, 0) is 0 Å². The van der Waals surface area contributed by atoms with Crippen molar-refractivity contribution in [2.45, 2.75) is 12.6 Å². The Balaban J connectivity index is 1.17. The molecule has 2 heterocycles. The highest BCUT2D eigenvalue weighted by Crippen LogP contribution is 2.50. The Hall–Kier alpha value is -5.54. The largest absolute Gasteiger partial charge is 0.355 e. The van der Waals surface area contributed by atoms with Gasteiger partial charge >= 0.3 is 0 Å². The van der Waals surface area contributed by atoms with E-state index in [2.05, 4.69) is 179 Å². The molecule has 0 amide bonds. The third kappa shape index (κ3) is 4.65. The number of benzene rings is 6. The van der Waals surface area contributed by atoms with Gasteiger partial charge < -0.3 is 15.1 Å². The van der Waals surface area contributed by atoms with Gasteiger partial charge in [-0.1, -0.05) is 109 Å². The van der Waals surface area contributed by atoms with Gasteiger partial charge in [-0.3, -0.25) is 0 Å². The van der Waals surface area contributed by atoms with E-state index in [0.29, 0.717) is 0 Å². The SMILES string of the molecule is C1=C(c2ccccc2Nc2cc(-c3ccccc3)cc(-c3ccccc3)c2)C[C@@H]2N1c1ccccc1N2c1ccccc1. The molecule has 1 atom stereocenters.